The number of ketones is 2. The van der Waals surface area contributed by atoms with Crippen molar-refractivity contribution in [3.05, 3.63) is 0 Å². The molecule has 0 spiro atoms. The van der Waals surface area contributed by atoms with Gasteiger partial charge >= 0.3 is 23.9 Å². The molecule has 1 aliphatic rings. The Hall–Kier alpha value is -1.61. The first-order valence-electron chi connectivity index (χ1n) is 6.60. The predicted molar refractivity (Wildman–Crippen MR) is 67.4 cm³/mol. The summed E-state index contributed by atoms with van der Waals surface area (Å²) in [7, 11) is 0. The Morgan fingerprint density at radius 1 is 0.739 bits per heavy atom. The van der Waals surface area contributed by atoms with Crippen LogP contribution in [-0.4, -0.2) is 47.8 Å². The van der Waals surface area contributed by atoms with Crippen LogP contribution in [0.5, 0.6) is 0 Å². The first-order chi connectivity index (χ1) is 10.1. The number of carbonyl (C=O) groups excluding carboxylic acids is 3. The lowest BCUT2D eigenvalue weighted by atomic mass is 9.95. The first-order valence-corrected chi connectivity index (χ1v) is 6.60. The Labute approximate surface area is 128 Å². The standard InChI is InChI=1S/C9H17NO.C4F6O2/c1-9(2,3)8(11)10-6-4-5-7-10;5-3(6,7)1(11)2(12)4(8,9)10/h4-7H2,1-3H3;. The van der Waals surface area contributed by atoms with Gasteiger partial charge < -0.3 is 4.90 Å². The fourth-order valence-corrected chi connectivity index (χ4v) is 1.65. The molecular weight excluding hydrogens is 332 g/mol. The zero-order chi connectivity index (χ0) is 18.6. The van der Waals surface area contributed by atoms with E-state index in [1.54, 1.807) is 0 Å². The normalized spacial score (nSPS) is 15.8. The second-order valence-electron chi connectivity index (χ2n) is 5.90. The lowest BCUT2D eigenvalue weighted by Crippen LogP contribution is -2.39. The van der Waals surface area contributed by atoms with Gasteiger partial charge in [-0.3, -0.25) is 14.4 Å². The molecule has 23 heavy (non-hydrogen) atoms. The minimum Gasteiger partial charge on any atom is -0.342 e. The van der Waals surface area contributed by atoms with Crippen molar-refractivity contribution in [1.82, 2.24) is 4.90 Å². The van der Waals surface area contributed by atoms with Crippen molar-refractivity contribution in [2.75, 3.05) is 13.1 Å². The topological polar surface area (TPSA) is 54.5 Å². The molecule has 4 nitrogen and oxygen atoms in total. The van der Waals surface area contributed by atoms with E-state index in [9.17, 15) is 40.7 Å². The highest BCUT2D eigenvalue weighted by Gasteiger charge is 2.54. The number of Topliss-reactive ketones (excluding diaryl/α,β-unsaturated/α-hetero) is 2. The number of hydrogen-bond donors (Lipinski definition) is 0. The fourth-order valence-electron chi connectivity index (χ4n) is 1.65. The second kappa shape index (κ2) is 7.31. The summed E-state index contributed by atoms with van der Waals surface area (Å²) in [6.45, 7) is 7.88. The average molecular weight is 349 g/mol. The predicted octanol–water partition coefficient (Wildman–Crippen LogP) is 2.90. The Kier molecular flexibility index (Phi) is 6.80. The smallest absolute Gasteiger partial charge is 0.342 e. The molecular formula is C13H17F6NO3. The van der Waals surface area contributed by atoms with Crippen molar-refractivity contribution >= 4 is 17.5 Å². The number of rotatable bonds is 1. The van der Waals surface area contributed by atoms with Crippen LogP contribution < -0.4 is 0 Å². The van der Waals surface area contributed by atoms with Gasteiger partial charge in [0.2, 0.25) is 5.91 Å². The van der Waals surface area contributed by atoms with Crippen LogP contribution in [0.3, 0.4) is 0 Å². The molecule has 0 aromatic carbocycles. The van der Waals surface area contributed by atoms with E-state index in [0.29, 0.717) is 5.91 Å². The Morgan fingerprint density at radius 3 is 1.26 bits per heavy atom. The Bertz CT molecular complexity index is 432. The molecule has 0 aromatic rings. The van der Waals surface area contributed by atoms with Gasteiger partial charge in [-0.25, -0.2) is 0 Å². The van der Waals surface area contributed by atoms with E-state index in [-0.39, 0.29) is 5.41 Å². The van der Waals surface area contributed by atoms with Gasteiger partial charge in [-0.05, 0) is 12.8 Å². The zero-order valence-electron chi connectivity index (χ0n) is 12.8. The largest absolute Gasteiger partial charge is 0.458 e. The molecule has 0 aromatic heterocycles. The van der Waals surface area contributed by atoms with E-state index in [1.165, 1.54) is 12.8 Å². The van der Waals surface area contributed by atoms with Crippen LogP contribution in [0.25, 0.3) is 0 Å². The summed E-state index contributed by atoms with van der Waals surface area (Å²) in [5.41, 5.74) is -0.190. The van der Waals surface area contributed by atoms with Gasteiger partial charge in [0.15, 0.2) is 0 Å². The molecule has 0 N–H and O–H groups in total. The maximum atomic E-state index is 11.6. The second-order valence-corrected chi connectivity index (χ2v) is 5.90. The molecule has 0 atom stereocenters. The lowest BCUT2D eigenvalue weighted by Gasteiger charge is -2.25. The molecule has 1 saturated heterocycles. The molecule has 0 saturated carbocycles. The van der Waals surface area contributed by atoms with Gasteiger partial charge in [-0.2, -0.15) is 26.3 Å². The number of hydrogen-bond acceptors (Lipinski definition) is 3. The van der Waals surface area contributed by atoms with E-state index in [1.807, 2.05) is 25.7 Å². The summed E-state index contributed by atoms with van der Waals surface area (Å²) in [5.74, 6) is -6.51. The van der Waals surface area contributed by atoms with Crippen LogP contribution in [-0.2, 0) is 14.4 Å². The SMILES string of the molecule is CC(C)(C)C(=O)N1CCCC1.O=C(C(=O)C(F)(F)F)C(F)(F)F. The molecule has 0 bridgehead atoms. The minimum atomic E-state index is -5.77. The van der Waals surface area contributed by atoms with Crippen molar-refractivity contribution in [1.29, 1.82) is 0 Å². The molecule has 0 unspecified atom stereocenters. The van der Waals surface area contributed by atoms with Crippen LogP contribution in [0, 0.1) is 5.41 Å². The van der Waals surface area contributed by atoms with Crippen molar-refractivity contribution in [2.24, 2.45) is 5.41 Å². The van der Waals surface area contributed by atoms with E-state index in [4.69, 9.17) is 0 Å². The van der Waals surface area contributed by atoms with E-state index < -0.39 is 23.9 Å². The first kappa shape index (κ1) is 21.4. The lowest BCUT2D eigenvalue weighted by molar-refractivity contribution is -0.193. The monoisotopic (exact) mass is 349 g/mol. The molecule has 10 heteroatoms. The van der Waals surface area contributed by atoms with Crippen LogP contribution in [0.15, 0.2) is 0 Å². The number of likely N-dealkylation sites (tertiary alicyclic amines) is 1. The number of amides is 1. The maximum absolute atomic E-state index is 11.6. The molecule has 1 heterocycles. The van der Waals surface area contributed by atoms with Gasteiger partial charge in [-0.15, -0.1) is 0 Å². The maximum Gasteiger partial charge on any atom is 0.458 e. The summed E-state index contributed by atoms with van der Waals surface area (Å²) in [4.78, 5) is 32.8. The van der Waals surface area contributed by atoms with E-state index >= 15 is 0 Å². The van der Waals surface area contributed by atoms with Crippen molar-refractivity contribution in [3.8, 4) is 0 Å². The van der Waals surface area contributed by atoms with E-state index in [2.05, 4.69) is 0 Å². The molecule has 1 aliphatic heterocycles. The van der Waals surface area contributed by atoms with Gasteiger partial charge in [0.05, 0.1) is 0 Å². The highest BCUT2D eigenvalue weighted by Crippen LogP contribution is 2.24. The molecule has 1 fully saturated rings. The number of nitrogens with zero attached hydrogens (tertiary/aromatic N) is 1. The summed E-state index contributed by atoms with van der Waals surface area (Å²) >= 11 is 0. The molecule has 0 radical (unpaired) electrons. The molecule has 1 rings (SSSR count). The summed E-state index contributed by atoms with van der Waals surface area (Å²) in [6.07, 6.45) is -9.18. The number of halogens is 6. The van der Waals surface area contributed by atoms with Gasteiger partial charge in [0.25, 0.3) is 0 Å². The third kappa shape index (κ3) is 7.00. The third-order valence-corrected chi connectivity index (χ3v) is 2.76. The zero-order valence-corrected chi connectivity index (χ0v) is 12.8. The average Bonchev–Trinajstić information content (AvgIpc) is 2.87. The summed E-state index contributed by atoms with van der Waals surface area (Å²) in [5, 5.41) is 0. The van der Waals surface area contributed by atoms with Gasteiger partial charge in [0, 0.05) is 18.5 Å². The number of carbonyl (C=O) groups is 3. The van der Waals surface area contributed by atoms with E-state index in [0.717, 1.165) is 13.1 Å². The van der Waals surface area contributed by atoms with Crippen LogP contribution in [0.4, 0.5) is 26.3 Å². The van der Waals surface area contributed by atoms with Crippen molar-refractivity contribution in [3.63, 3.8) is 0 Å². The van der Waals surface area contributed by atoms with Crippen LogP contribution >= 0.6 is 0 Å². The number of alkyl halides is 6. The minimum absolute atomic E-state index is 0.190. The van der Waals surface area contributed by atoms with Crippen LogP contribution in [0.1, 0.15) is 33.6 Å². The fraction of sp³-hybridized carbons (Fsp3) is 0.769. The summed E-state index contributed by atoms with van der Waals surface area (Å²) in [6, 6.07) is 0. The Morgan fingerprint density at radius 2 is 1.04 bits per heavy atom. The quantitative estimate of drug-likeness (QED) is 0.540. The van der Waals surface area contributed by atoms with Crippen LogP contribution in [0.2, 0.25) is 0 Å². The van der Waals surface area contributed by atoms with Crippen molar-refractivity contribution < 1.29 is 40.7 Å². The summed E-state index contributed by atoms with van der Waals surface area (Å²) < 4.78 is 67.0. The van der Waals surface area contributed by atoms with Gasteiger partial charge in [-0.1, -0.05) is 20.8 Å². The molecule has 0 aliphatic carbocycles. The molecule has 134 valence electrons. The van der Waals surface area contributed by atoms with Crippen molar-refractivity contribution in [2.45, 2.75) is 46.0 Å². The highest BCUT2D eigenvalue weighted by atomic mass is 19.4. The highest BCUT2D eigenvalue weighted by molar-refractivity contribution is 6.41. The Balaban J connectivity index is 0.000000422. The molecule has 1 amide bonds. The van der Waals surface area contributed by atoms with Gasteiger partial charge in [0.1, 0.15) is 0 Å². The third-order valence-electron chi connectivity index (χ3n) is 2.76.